The first-order valence-corrected chi connectivity index (χ1v) is 5.96. The van der Waals surface area contributed by atoms with Crippen molar-refractivity contribution in [2.24, 2.45) is 0 Å². The van der Waals surface area contributed by atoms with Gasteiger partial charge in [0.25, 0.3) is 0 Å². The van der Waals surface area contributed by atoms with Crippen LogP contribution in [0.3, 0.4) is 0 Å². The molecule has 1 aromatic rings. The van der Waals surface area contributed by atoms with E-state index in [2.05, 4.69) is 0 Å². The van der Waals surface area contributed by atoms with Crippen molar-refractivity contribution in [3.8, 4) is 0 Å². The standard InChI is InChI=1S/C14H13ClO3/c15-14(17)8-6-11(7-9-14)10-18-13(16)12-4-2-1-3-5-12/h1-8,17H,9-10H2. The van der Waals surface area contributed by atoms with Crippen molar-refractivity contribution in [3.63, 3.8) is 0 Å². The Balaban J connectivity index is 1.89. The lowest BCUT2D eigenvalue weighted by Crippen LogP contribution is -2.19. The van der Waals surface area contributed by atoms with Crippen molar-refractivity contribution in [3.05, 3.63) is 59.7 Å². The van der Waals surface area contributed by atoms with E-state index in [1.54, 1.807) is 36.4 Å². The number of esters is 1. The van der Waals surface area contributed by atoms with Crippen LogP contribution in [0.4, 0.5) is 0 Å². The van der Waals surface area contributed by atoms with Crippen molar-refractivity contribution in [2.45, 2.75) is 11.5 Å². The molecule has 0 aromatic heterocycles. The molecule has 0 saturated carbocycles. The van der Waals surface area contributed by atoms with Gasteiger partial charge in [-0.05, 0) is 23.8 Å². The summed E-state index contributed by atoms with van der Waals surface area (Å²) in [6.07, 6.45) is 5.21. The zero-order chi connectivity index (χ0) is 13.0. The van der Waals surface area contributed by atoms with Crippen LogP contribution in [0.15, 0.2) is 54.1 Å². The Morgan fingerprint density at radius 1 is 1.39 bits per heavy atom. The van der Waals surface area contributed by atoms with Gasteiger partial charge in [0.2, 0.25) is 0 Å². The maximum atomic E-state index is 11.7. The van der Waals surface area contributed by atoms with E-state index < -0.39 is 5.06 Å². The second kappa shape index (κ2) is 5.38. The third-order valence-electron chi connectivity index (χ3n) is 2.58. The molecule has 1 unspecified atom stereocenters. The molecule has 1 N–H and O–H groups in total. The van der Waals surface area contributed by atoms with Crippen LogP contribution in [0, 0.1) is 0 Å². The summed E-state index contributed by atoms with van der Waals surface area (Å²) in [5.74, 6) is -0.364. The van der Waals surface area contributed by atoms with Gasteiger partial charge in [-0.3, -0.25) is 0 Å². The Hall–Kier alpha value is -1.58. The molecule has 4 heteroatoms. The molecule has 0 saturated heterocycles. The Labute approximate surface area is 110 Å². The van der Waals surface area contributed by atoms with E-state index in [-0.39, 0.29) is 12.6 Å². The van der Waals surface area contributed by atoms with Gasteiger partial charge in [-0.1, -0.05) is 42.0 Å². The smallest absolute Gasteiger partial charge is 0.338 e. The first-order chi connectivity index (χ1) is 8.57. The number of rotatable bonds is 3. The highest BCUT2D eigenvalue weighted by molar-refractivity contribution is 6.24. The fourth-order valence-corrected chi connectivity index (χ4v) is 1.70. The molecule has 0 aliphatic heterocycles. The van der Waals surface area contributed by atoms with Gasteiger partial charge in [-0.25, -0.2) is 4.79 Å². The molecule has 1 atom stereocenters. The lowest BCUT2D eigenvalue weighted by molar-refractivity contribution is 0.0542. The van der Waals surface area contributed by atoms with Gasteiger partial charge < -0.3 is 9.84 Å². The SMILES string of the molecule is O=C(OCC1=CCC(O)(Cl)C=C1)c1ccccc1. The highest BCUT2D eigenvalue weighted by atomic mass is 35.5. The van der Waals surface area contributed by atoms with Gasteiger partial charge >= 0.3 is 5.97 Å². The van der Waals surface area contributed by atoms with Gasteiger partial charge in [0.1, 0.15) is 6.61 Å². The first kappa shape index (κ1) is 12.9. The number of hydrogen-bond acceptors (Lipinski definition) is 3. The number of benzene rings is 1. The molecule has 18 heavy (non-hydrogen) atoms. The van der Waals surface area contributed by atoms with Crippen LogP contribution >= 0.6 is 11.6 Å². The summed E-state index contributed by atoms with van der Waals surface area (Å²) in [4.78, 5) is 11.7. The molecule has 0 fully saturated rings. The lowest BCUT2D eigenvalue weighted by atomic mass is 10.1. The maximum absolute atomic E-state index is 11.7. The minimum absolute atomic E-state index is 0.178. The predicted octanol–water partition coefficient (Wildman–Crippen LogP) is 2.66. The molecule has 0 radical (unpaired) electrons. The number of carbonyl (C=O) groups is 1. The molecular weight excluding hydrogens is 252 g/mol. The summed E-state index contributed by atoms with van der Waals surface area (Å²) in [5, 5.41) is 8.16. The number of ether oxygens (including phenoxy) is 1. The second-order valence-electron chi connectivity index (χ2n) is 4.08. The number of alkyl halides is 1. The summed E-state index contributed by atoms with van der Waals surface area (Å²) in [6, 6.07) is 8.80. The van der Waals surface area contributed by atoms with Crippen LogP contribution in [0.25, 0.3) is 0 Å². The lowest BCUT2D eigenvalue weighted by Gasteiger charge is -2.18. The third-order valence-corrected chi connectivity index (χ3v) is 2.86. The van der Waals surface area contributed by atoms with Gasteiger partial charge in [0.15, 0.2) is 5.06 Å². The van der Waals surface area contributed by atoms with Crippen LogP contribution in [0.1, 0.15) is 16.8 Å². The molecule has 2 rings (SSSR count). The van der Waals surface area contributed by atoms with Crippen molar-refractivity contribution >= 4 is 17.6 Å². The molecule has 0 heterocycles. The minimum atomic E-state index is -1.31. The summed E-state index contributed by atoms with van der Waals surface area (Å²) in [7, 11) is 0. The largest absolute Gasteiger partial charge is 0.457 e. The van der Waals surface area contributed by atoms with Crippen molar-refractivity contribution in [1.29, 1.82) is 0 Å². The van der Waals surface area contributed by atoms with E-state index in [4.69, 9.17) is 16.3 Å². The summed E-state index contributed by atoms with van der Waals surface area (Å²) < 4.78 is 5.15. The molecule has 1 aromatic carbocycles. The fourth-order valence-electron chi connectivity index (χ4n) is 1.56. The number of halogens is 1. The van der Waals surface area contributed by atoms with Gasteiger partial charge in [-0.15, -0.1) is 0 Å². The van der Waals surface area contributed by atoms with Crippen LogP contribution in [-0.2, 0) is 4.74 Å². The van der Waals surface area contributed by atoms with E-state index >= 15 is 0 Å². The zero-order valence-corrected chi connectivity index (χ0v) is 10.4. The van der Waals surface area contributed by atoms with Crippen LogP contribution in [0.2, 0.25) is 0 Å². The topological polar surface area (TPSA) is 46.5 Å². The Kier molecular flexibility index (Phi) is 3.84. The highest BCUT2D eigenvalue weighted by Gasteiger charge is 2.21. The van der Waals surface area contributed by atoms with Gasteiger partial charge in [0, 0.05) is 6.42 Å². The molecule has 0 bridgehead atoms. The molecule has 3 nitrogen and oxygen atoms in total. The first-order valence-electron chi connectivity index (χ1n) is 5.58. The van der Waals surface area contributed by atoms with Crippen LogP contribution in [0.5, 0.6) is 0 Å². The Bertz CT molecular complexity index is 489. The Morgan fingerprint density at radius 2 is 2.11 bits per heavy atom. The van der Waals surface area contributed by atoms with Crippen molar-refractivity contribution in [2.75, 3.05) is 6.61 Å². The second-order valence-corrected chi connectivity index (χ2v) is 4.73. The maximum Gasteiger partial charge on any atom is 0.338 e. The molecular formula is C14H13ClO3. The van der Waals surface area contributed by atoms with Gasteiger partial charge in [0.05, 0.1) is 5.56 Å². The highest BCUT2D eigenvalue weighted by Crippen LogP contribution is 2.24. The van der Waals surface area contributed by atoms with E-state index in [1.165, 1.54) is 6.08 Å². The summed E-state index contributed by atoms with van der Waals surface area (Å²) in [5.41, 5.74) is 1.34. The van der Waals surface area contributed by atoms with E-state index in [1.807, 2.05) is 6.07 Å². The quantitative estimate of drug-likeness (QED) is 0.674. The summed E-state index contributed by atoms with van der Waals surface area (Å²) >= 11 is 5.71. The number of hydrogen-bond donors (Lipinski definition) is 1. The third kappa shape index (κ3) is 3.45. The number of aliphatic hydroxyl groups is 1. The molecule has 1 aliphatic carbocycles. The summed E-state index contributed by atoms with van der Waals surface area (Å²) in [6.45, 7) is 0.178. The van der Waals surface area contributed by atoms with Crippen LogP contribution < -0.4 is 0 Å². The normalized spacial score (nSPS) is 22.4. The Morgan fingerprint density at radius 3 is 2.72 bits per heavy atom. The zero-order valence-electron chi connectivity index (χ0n) is 9.67. The molecule has 1 aliphatic rings. The minimum Gasteiger partial charge on any atom is -0.457 e. The van der Waals surface area contributed by atoms with E-state index in [0.717, 1.165) is 5.57 Å². The van der Waals surface area contributed by atoms with E-state index in [9.17, 15) is 9.90 Å². The fraction of sp³-hybridized carbons (Fsp3) is 0.214. The molecule has 0 spiro atoms. The average molecular weight is 265 g/mol. The average Bonchev–Trinajstić information content (AvgIpc) is 2.38. The predicted molar refractivity (Wildman–Crippen MR) is 69.4 cm³/mol. The molecule has 0 amide bonds. The van der Waals surface area contributed by atoms with E-state index in [0.29, 0.717) is 12.0 Å². The van der Waals surface area contributed by atoms with Gasteiger partial charge in [-0.2, -0.15) is 0 Å². The number of carbonyl (C=O) groups excluding carboxylic acids is 1. The van der Waals surface area contributed by atoms with Crippen molar-refractivity contribution in [1.82, 2.24) is 0 Å². The van der Waals surface area contributed by atoms with Crippen LogP contribution in [-0.4, -0.2) is 22.7 Å². The van der Waals surface area contributed by atoms with Crippen molar-refractivity contribution < 1.29 is 14.6 Å². The monoisotopic (exact) mass is 264 g/mol. The molecule has 94 valence electrons.